The van der Waals surface area contributed by atoms with Gasteiger partial charge in [0.25, 0.3) is 0 Å². The van der Waals surface area contributed by atoms with Crippen molar-refractivity contribution < 1.29 is 18.0 Å². The molecule has 1 aliphatic rings. The highest BCUT2D eigenvalue weighted by Gasteiger charge is 2.32. The first kappa shape index (κ1) is 32.0. The van der Waals surface area contributed by atoms with Gasteiger partial charge < -0.3 is 16.8 Å². The molecule has 3 aromatic rings. The van der Waals surface area contributed by atoms with Crippen LogP contribution in [0.3, 0.4) is 0 Å². The summed E-state index contributed by atoms with van der Waals surface area (Å²) in [5.41, 5.74) is 16.2. The highest BCUT2D eigenvalue weighted by Crippen LogP contribution is 2.43. The maximum Gasteiger partial charge on any atom is 0.391 e. The lowest BCUT2D eigenvalue weighted by molar-refractivity contribution is -0.164. The van der Waals surface area contributed by atoms with Crippen LogP contribution in [0, 0.1) is 19.8 Å². The number of benzene rings is 1. The van der Waals surface area contributed by atoms with Gasteiger partial charge in [0.1, 0.15) is 6.33 Å². The summed E-state index contributed by atoms with van der Waals surface area (Å²) in [7, 11) is 0. The molecule has 1 saturated carbocycles. The van der Waals surface area contributed by atoms with E-state index in [1.807, 2.05) is 18.7 Å². The summed E-state index contributed by atoms with van der Waals surface area (Å²) in [6.45, 7) is 8.73. The van der Waals surface area contributed by atoms with Crippen molar-refractivity contribution in [2.24, 2.45) is 11.7 Å². The third-order valence-corrected chi connectivity index (χ3v) is 6.60. The van der Waals surface area contributed by atoms with Gasteiger partial charge in [-0.05, 0) is 50.1 Å². The van der Waals surface area contributed by atoms with Crippen molar-refractivity contribution in [1.82, 2.24) is 19.9 Å². The molecule has 0 unspecified atom stereocenters. The Bertz CT molecular complexity index is 1220. The van der Waals surface area contributed by atoms with Gasteiger partial charge in [0.2, 0.25) is 6.41 Å². The van der Waals surface area contributed by atoms with Crippen molar-refractivity contribution in [3.05, 3.63) is 53.2 Å². The molecule has 1 fully saturated rings. The number of aryl methyl sites for hydroxylation is 2. The van der Waals surface area contributed by atoms with E-state index in [1.165, 1.54) is 10.5 Å². The number of alkyl halides is 3. The lowest BCUT2D eigenvalue weighted by atomic mass is 10.1. The zero-order valence-electron chi connectivity index (χ0n) is 22.8. The summed E-state index contributed by atoms with van der Waals surface area (Å²) >= 11 is 1.85. The first-order valence-corrected chi connectivity index (χ1v) is 13.6. The van der Waals surface area contributed by atoms with Crippen LogP contribution in [0.2, 0.25) is 0 Å². The molecule has 0 aliphatic heterocycles. The van der Waals surface area contributed by atoms with Gasteiger partial charge >= 0.3 is 6.18 Å². The smallest absolute Gasteiger partial charge is 0.391 e. The Kier molecular flexibility index (Phi) is 12.1. The molecule has 1 amide bonds. The first-order valence-electron chi connectivity index (χ1n) is 12.6. The van der Waals surface area contributed by atoms with Gasteiger partial charge in [-0.2, -0.15) is 13.2 Å². The number of nitrogens with two attached hydrogens (primary N) is 2. The van der Waals surface area contributed by atoms with Crippen LogP contribution in [0.5, 0.6) is 0 Å². The second-order valence-electron chi connectivity index (χ2n) is 9.13. The molecular weight excluding hydrogens is 527 g/mol. The minimum absolute atomic E-state index is 0.317. The summed E-state index contributed by atoms with van der Waals surface area (Å²) < 4.78 is 33.5. The van der Waals surface area contributed by atoms with Gasteiger partial charge in [0.15, 0.2) is 11.6 Å². The topological polar surface area (TPSA) is 133 Å². The Hall–Kier alpha value is -3.25. The number of carbonyl (C=O) groups is 1. The van der Waals surface area contributed by atoms with E-state index >= 15 is 0 Å². The minimum atomic E-state index is -4.00. The lowest BCUT2D eigenvalue weighted by Crippen LogP contribution is -2.15. The number of halogens is 3. The van der Waals surface area contributed by atoms with Crippen LogP contribution in [0.1, 0.15) is 62.2 Å². The van der Waals surface area contributed by atoms with Crippen LogP contribution in [0.25, 0.3) is 11.4 Å². The standard InChI is InChI=1S/C14H16N6O.C9H13NS.C4H7F3/c1-7-10(12(9-3-4-9)17-5-16-7)13-19-8(2)11(15)14(20-13)18-6-21;1-2-11-9-5-3-8(7-10)4-6-9;1-3(2)4(5,6)7/h5-6,9H,3-4,15H2,1-2H3,(H,18,19,20,21);3-6H,2,7,10H2,1H3;3H,1-2H3. The zero-order valence-corrected chi connectivity index (χ0v) is 23.7. The summed E-state index contributed by atoms with van der Waals surface area (Å²) in [5, 5.41) is 2.51. The van der Waals surface area contributed by atoms with Crippen LogP contribution < -0.4 is 16.8 Å². The maximum atomic E-state index is 11.2. The number of hydrogen-bond donors (Lipinski definition) is 3. The number of carbonyl (C=O) groups excluding carboxylic acids is 1. The number of hydrogen-bond acceptors (Lipinski definition) is 8. The molecule has 1 aliphatic carbocycles. The third-order valence-electron chi connectivity index (χ3n) is 5.71. The largest absolute Gasteiger partial charge is 0.394 e. The number of anilines is 2. The van der Waals surface area contributed by atoms with Gasteiger partial charge in [-0.25, -0.2) is 19.9 Å². The van der Waals surface area contributed by atoms with Crippen molar-refractivity contribution in [3.63, 3.8) is 0 Å². The Morgan fingerprint density at radius 2 is 1.72 bits per heavy atom. The molecule has 5 N–H and O–H groups in total. The molecule has 0 spiro atoms. The molecule has 8 nitrogen and oxygen atoms in total. The number of thioether (sulfide) groups is 1. The van der Waals surface area contributed by atoms with E-state index in [-0.39, 0.29) is 0 Å². The van der Waals surface area contributed by atoms with E-state index in [9.17, 15) is 18.0 Å². The van der Waals surface area contributed by atoms with Crippen molar-refractivity contribution in [3.8, 4) is 11.4 Å². The quantitative estimate of drug-likeness (QED) is 0.234. The summed E-state index contributed by atoms with van der Waals surface area (Å²) in [5.74, 6) is 1.20. The van der Waals surface area contributed by atoms with E-state index in [0.29, 0.717) is 41.9 Å². The fraction of sp³-hybridized carbons (Fsp3) is 0.444. The monoisotopic (exact) mass is 563 g/mol. The molecule has 212 valence electrons. The predicted octanol–water partition coefficient (Wildman–Crippen LogP) is 6.04. The van der Waals surface area contributed by atoms with Crippen LogP contribution >= 0.6 is 11.8 Å². The molecule has 0 atom stereocenters. The lowest BCUT2D eigenvalue weighted by Gasteiger charge is -2.12. The van der Waals surface area contributed by atoms with E-state index < -0.39 is 12.1 Å². The van der Waals surface area contributed by atoms with E-state index in [1.54, 1.807) is 13.3 Å². The third kappa shape index (κ3) is 9.77. The molecule has 39 heavy (non-hydrogen) atoms. The SMILES string of the molecule is CC(C)C(F)(F)F.CCSc1ccc(CN)cc1.Cc1nc(-c2c(C)ncnc2C2CC2)nc(NC=O)c1N. The average molecular weight is 564 g/mol. The molecule has 0 radical (unpaired) electrons. The van der Waals surface area contributed by atoms with Gasteiger partial charge in [-0.3, -0.25) is 4.79 Å². The highest BCUT2D eigenvalue weighted by molar-refractivity contribution is 7.99. The Balaban J connectivity index is 0.000000248. The first-order chi connectivity index (χ1) is 18.4. The fourth-order valence-corrected chi connectivity index (χ4v) is 3.84. The summed E-state index contributed by atoms with van der Waals surface area (Å²) in [6.07, 6.45) is 0.368. The Morgan fingerprint density at radius 3 is 2.21 bits per heavy atom. The molecule has 12 heteroatoms. The van der Waals surface area contributed by atoms with Crippen LogP contribution in [-0.2, 0) is 11.3 Å². The van der Waals surface area contributed by atoms with Gasteiger partial charge in [-0.1, -0.05) is 32.9 Å². The second-order valence-corrected chi connectivity index (χ2v) is 10.5. The van der Waals surface area contributed by atoms with Crippen LogP contribution in [0.4, 0.5) is 24.7 Å². The molecule has 2 heterocycles. The maximum absolute atomic E-state index is 11.2. The summed E-state index contributed by atoms with van der Waals surface area (Å²) in [6, 6.07) is 8.41. The van der Waals surface area contributed by atoms with Crippen molar-refractivity contribution in [2.45, 2.75) is 71.0 Å². The summed E-state index contributed by atoms with van der Waals surface area (Å²) in [4.78, 5) is 29.5. The second kappa shape index (κ2) is 14.8. The van der Waals surface area contributed by atoms with Crippen molar-refractivity contribution >= 4 is 29.7 Å². The van der Waals surface area contributed by atoms with Gasteiger partial charge in [-0.15, -0.1) is 11.8 Å². The Morgan fingerprint density at radius 1 is 1.10 bits per heavy atom. The molecular formula is C27H36F3N7OS. The number of nitrogens with zero attached hydrogens (tertiary/aromatic N) is 4. The Labute approximate surface area is 231 Å². The average Bonchev–Trinajstić information content (AvgIpc) is 3.73. The number of nitrogen functional groups attached to an aromatic ring is 1. The number of amides is 1. The van der Waals surface area contributed by atoms with Crippen LogP contribution in [0.15, 0.2) is 35.5 Å². The van der Waals surface area contributed by atoms with Gasteiger partial charge in [0.05, 0.1) is 28.3 Å². The number of aromatic nitrogens is 4. The van der Waals surface area contributed by atoms with E-state index in [0.717, 1.165) is 49.4 Å². The highest BCUT2D eigenvalue weighted by atomic mass is 32.2. The molecule has 2 aromatic heterocycles. The molecule has 0 bridgehead atoms. The van der Waals surface area contributed by atoms with Crippen LogP contribution in [-0.4, -0.2) is 38.3 Å². The van der Waals surface area contributed by atoms with Crippen molar-refractivity contribution in [1.29, 1.82) is 0 Å². The van der Waals surface area contributed by atoms with Crippen molar-refractivity contribution in [2.75, 3.05) is 16.8 Å². The van der Waals surface area contributed by atoms with E-state index in [2.05, 4.69) is 56.4 Å². The molecule has 1 aromatic carbocycles. The van der Waals surface area contributed by atoms with Gasteiger partial charge in [0, 0.05) is 23.3 Å². The fourth-order valence-electron chi connectivity index (χ4n) is 3.18. The molecule has 0 saturated heterocycles. The predicted molar refractivity (Wildman–Crippen MR) is 150 cm³/mol. The zero-order chi connectivity index (χ0) is 29.2. The normalized spacial score (nSPS) is 12.7. The minimum Gasteiger partial charge on any atom is -0.394 e. The number of rotatable bonds is 7. The molecule has 4 rings (SSSR count). The number of nitrogens with one attached hydrogen (secondary N) is 1. The van der Waals surface area contributed by atoms with E-state index in [4.69, 9.17) is 11.5 Å².